The van der Waals surface area contributed by atoms with Crippen LogP contribution in [0.25, 0.3) is 0 Å². The summed E-state index contributed by atoms with van der Waals surface area (Å²) in [6, 6.07) is 10.1. The number of rotatable bonds is 12. The number of oxime groups is 1. The number of aliphatic hydroxyl groups excluding tert-OH is 2. The van der Waals surface area contributed by atoms with Gasteiger partial charge in [0.25, 0.3) is 0 Å². The Balaban J connectivity index is 1.43. The maximum absolute atomic E-state index is 10.5. The molecule has 2 aromatic rings. The number of nitrogens with one attached hydrogen (secondary N) is 1. The third-order valence-corrected chi connectivity index (χ3v) is 6.14. The van der Waals surface area contributed by atoms with Gasteiger partial charge in [-0.1, -0.05) is 52.9 Å². The molecule has 4 N–H and O–H groups in total. The van der Waals surface area contributed by atoms with E-state index in [1.54, 1.807) is 0 Å². The molecule has 0 bridgehead atoms. The Morgan fingerprint density at radius 1 is 1.16 bits per heavy atom. The van der Waals surface area contributed by atoms with E-state index in [4.69, 9.17) is 0 Å². The van der Waals surface area contributed by atoms with Crippen LogP contribution < -0.4 is 0 Å². The number of allylic oxidation sites excluding steroid dienone is 2. The second-order valence-electron chi connectivity index (χ2n) is 8.32. The van der Waals surface area contributed by atoms with E-state index in [0.29, 0.717) is 37.2 Å². The molecular weight excluding hydrogens is 394 g/mol. The van der Waals surface area contributed by atoms with Crippen molar-refractivity contribution in [2.24, 2.45) is 17.0 Å². The fourth-order valence-electron chi connectivity index (χ4n) is 4.38. The number of aryl methyl sites for hydroxylation is 2. The molecule has 0 amide bonds. The summed E-state index contributed by atoms with van der Waals surface area (Å²) in [5.74, 6) is 0.727. The number of aromatic nitrogens is 4. The van der Waals surface area contributed by atoms with Gasteiger partial charge in [0.15, 0.2) is 5.82 Å². The smallest absolute Gasteiger partial charge is 0.174 e. The first-order valence-electron chi connectivity index (χ1n) is 11.2. The highest BCUT2D eigenvalue weighted by Gasteiger charge is 2.39. The van der Waals surface area contributed by atoms with E-state index in [2.05, 4.69) is 50.1 Å². The highest BCUT2D eigenvalue weighted by atomic mass is 16.4. The molecule has 1 saturated carbocycles. The van der Waals surface area contributed by atoms with Gasteiger partial charge >= 0.3 is 0 Å². The molecule has 1 aliphatic rings. The quantitative estimate of drug-likeness (QED) is 0.178. The molecule has 1 fully saturated rings. The van der Waals surface area contributed by atoms with Crippen LogP contribution in [0.5, 0.6) is 0 Å². The SMILES string of the molecule is O/N=C1/C[C@H](O)[C@H](C/C=C\CCCc2nn[nH]n2)[C@H]1CCC(O)CCc1ccccc1. The zero-order chi connectivity index (χ0) is 21.9. The van der Waals surface area contributed by atoms with Crippen molar-refractivity contribution in [3.05, 3.63) is 53.9 Å². The number of hydrogen-bond donors (Lipinski definition) is 4. The minimum Gasteiger partial charge on any atom is -0.411 e. The van der Waals surface area contributed by atoms with Crippen molar-refractivity contribution in [3.63, 3.8) is 0 Å². The Kier molecular flexibility index (Phi) is 9.17. The number of unbranched alkanes of at least 4 members (excludes halogenated alkanes) is 1. The first kappa shape index (κ1) is 23.1. The average Bonchev–Trinajstić information content (AvgIpc) is 3.41. The number of aromatic amines is 1. The maximum Gasteiger partial charge on any atom is 0.174 e. The minimum absolute atomic E-state index is 0.00430. The van der Waals surface area contributed by atoms with Gasteiger partial charge in [-0.15, -0.1) is 10.2 Å². The van der Waals surface area contributed by atoms with Gasteiger partial charge in [0.2, 0.25) is 0 Å². The van der Waals surface area contributed by atoms with Crippen molar-refractivity contribution in [2.45, 2.75) is 70.0 Å². The van der Waals surface area contributed by atoms with Gasteiger partial charge in [0.1, 0.15) is 0 Å². The molecule has 0 radical (unpaired) electrons. The number of nitrogens with zero attached hydrogens (tertiary/aromatic N) is 4. The molecule has 31 heavy (non-hydrogen) atoms. The van der Waals surface area contributed by atoms with Crippen LogP contribution in [-0.4, -0.2) is 54.0 Å². The first-order chi connectivity index (χ1) is 15.2. The van der Waals surface area contributed by atoms with Crippen LogP contribution in [0.2, 0.25) is 0 Å². The van der Waals surface area contributed by atoms with Gasteiger partial charge in [-0.2, -0.15) is 5.21 Å². The summed E-state index contributed by atoms with van der Waals surface area (Å²) in [5, 5.41) is 47.7. The fourth-order valence-corrected chi connectivity index (χ4v) is 4.38. The summed E-state index contributed by atoms with van der Waals surface area (Å²) in [6.45, 7) is 0. The van der Waals surface area contributed by atoms with Gasteiger partial charge in [0.05, 0.1) is 17.9 Å². The monoisotopic (exact) mass is 427 g/mol. The Bertz CT molecular complexity index is 810. The zero-order valence-corrected chi connectivity index (χ0v) is 17.8. The predicted octanol–water partition coefficient (Wildman–Crippen LogP) is 3.07. The van der Waals surface area contributed by atoms with Crippen molar-refractivity contribution < 1.29 is 15.4 Å². The van der Waals surface area contributed by atoms with Crippen molar-refractivity contribution in [2.75, 3.05) is 0 Å². The standard InChI is InChI=1S/C23H33N5O3/c29-18(13-12-17-8-4-3-5-9-17)14-15-19-20(22(30)16-21(19)26-31)10-6-1-2-7-11-23-24-27-28-25-23/h1,3-6,8-9,18-20,22,29-31H,2,7,10-16H2,(H,24,25,27,28)/b6-1-,26-21-/t18?,19-,20-,22+/m1/s1. The number of benzene rings is 1. The van der Waals surface area contributed by atoms with E-state index in [1.165, 1.54) is 5.56 Å². The van der Waals surface area contributed by atoms with Gasteiger partial charge < -0.3 is 15.4 Å². The molecule has 0 spiro atoms. The van der Waals surface area contributed by atoms with Gasteiger partial charge in [-0.3, -0.25) is 0 Å². The highest BCUT2D eigenvalue weighted by molar-refractivity contribution is 5.89. The summed E-state index contributed by atoms with van der Waals surface area (Å²) in [5.41, 5.74) is 1.87. The third kappa shape index (κ3) is 7.25. The van der Waals surface area contributed by atoms with Crippen LogP contribution >= 0.6 is 0 Å². The molecule has 8 heteroatoms. The maximum atomic E-state index is 10.5. The lowest BCUT2D eigenvalue weighted by molar-refractivity contribution is 0.106. The topological polar surface area (TPSA) is 128 Å². The Morgan fingerprint density at radius 2 is 2.00 bits per heavy atom. The molecule has 4 atom stereocenters. The normalized spacial score (nSPS) is 23.7. The highest BCUT2D eigenvalue weighted by Crippen LogP contribution is 2.36. The summed E-state index contributed by atoms with van der Waals surface area (Å²) in [4.78, 5) is 0. The number of hydrogen-bond acceptors (Lipinski definition) is 7. The van der Waals surface area contributed by atoms with E-state index < -0.39 is 12.2 Å². The Hall–Kier alpha value is -2.58. The van der Waals surface area contributed by atoms with Gasteiger partial charge in [-0.25, -0.2) is 0 Å². The lowest BCUT2D eigenvalue weighted by Gasteiger charge is -2.21. The number of H-pyrrole nitrogens is 1. The molecule has 1 heterocycles. The Labute approximate surface area is 183 Å². The lowest BCUT2D eigenvalue weighted by atomic mass is 9.86. The van der Waals surface area contributed by atoms with Crippen LogP contribution in [0, 0.1) is 11.8 Å². The van der Waals surface area contributed by atoms with Crippen molar-refractivity contribution in [3.8, 4) is 0 Å². The van der Waals surface area contributed by atoms with Crippen molar-refractivity contribution >= 4 is 5.71 Å². The van der Waals surface area contributed by atoms with Crippen LogP contribution in [0.4, 0.5) is 0 Å². The van der Waals surface area contributed by atoms with Crippen molar-refractivity contribution in [1.82, 2.24) is 20.6 Å². The second kappa shape index (κ2) is 12.3. The van der Waals surface area contributed by atoms with Crippen LogP contribution in [0.3, 0.4) is 0 Å². The zero-order valence-electron chi connectivity index (χ0n) is 17.8. The molecule has 1 aliphatic carbocycles. The van der Waals surface area contributed by atoms with E-state index in [9.17, 15) is 15.4 Å². The third-order valence-electron chi connectivity index (χ3n) is 6.14. The predicted molar refractivity (Wildman–Crippen MR) is 118 cm³/mol. The minimum atomic E-state index is -0.513. The molecule has 1 aromatic heterocycles. The van der Waals surface area contributed by atoms with E-state index >= 15 is 0 Å². The van der Waals surface area contributed by atoms with E-state index in [-0.39, 0.29) is 11.8 Å². The van der Waals surface area contributed by atoms with Crippen LogP contribution in [-0.2, 0) is 12.8 Å². The van der Waals surface area contributed by atoms with E-state index in [1.807, 2.05) is 18.2 Å². The molecular formula is C23H33N5O3. The molecule has 0 saturated heterocycles. The summed E-state index contributed by atoms with van der Waals surface area (Å²) in [6.07, 6.45) is 9.93. The van der Waals surface area contributed by atoms with Gasteiger partial charge in [0, 0.05) is 18.8 Å². The molecule has 1 aromatic carbocycles. The second-order valence-corrected chi connectivity index (χ2v) is 8.32. The lowest BCUT2D eigenvalue weighted by Crippen LogP contribution is -2.22. The van der Waals surface area contributed by atoms with Crippen LogP contribution in [0.15, 0.2) is 47.6 Å². The average molecular weight is 428 g/mol. The number of aliphatic hydroxyl groups is 2. The van der Waals surface area contributed by atoms with Crippen molar-refractivity contribution in [1.29, 1.82) is 0 Å². The number of tetrazole rings is 1. The molecule has 8 nitrogen and oxygen atoms in total. The summed E-state index contributed by atoms with van der Waals surface area (Å²) in [7, 11) is 0. The summed E-state index contributed by atoms with van der Waals surface area (Å²) < 4.78 is 0. The van der Waals surface area contributed by atoms with Gasteiger partial charge in [-0.05, 0) is 56.4 Å². The summed E-state index contributed by atoms with van der Waals surface area (Å²) >= 11 is 0. The molecule has 168 valence electrons. The van der Waals surface area contributed by atoms with E-state index in [0.717, 1.165) is 32.1 Å². The first-order valence-corrected chi connectivity index (χ1v) is 11.2. The fraction of sp³-hybridized carbons (Fsp3) is 0.565. The van der Waals surface area contributed by atoms with Crippen LogP contribution in [0.1, 0.15) is 56.3 Å². The molecule has 3 rings (SSSR count). The molecule has 0 aliphatic heterocycles. The molecule has 1 unspecified atom stereocenters. The Morgan fingerprint density at radius 3 is 2.74 bits per heavy atom. The largest absolute Gasteiger partial charge is 0.411 e.